The highest BCUT2D eigenvalue weighted by molar-refractivity contribution is 7.80. The predicted octanol–water partition coefficient (Wildman–Crippen LogP) is 3.87. The molecule has 2 heterocycles. The molecule has 178 valence electrons. The molecule has 8 nitrogen and oxygen atoms in total. The minimum absolute atomic E-state index is 0.0420. The predicted molar refractivity (Wildman–Crippen MR) is 117 cm³/mol. The number of thiol groups is 1. The molecule has 2 fully saturated rings. The van der Waals surface area contributed by atoms with Gasteiger partial charge in [0.2, 0.25) is 0 Å². The summed E-state index contributed by atoms with van der Waals surface area (Å²) in [5.74, 6) is 0.447. The monoisotopic (exact) mass is 470 g/mol. The Hall–Kier alpha value is 0.300. The Bertz CT molecular complexity index is 563. The maximum atomic E-state index is 13.3. The van der Waals surface area contributed by atoms with Crippen molar-refractivity contribution in [1.29, 1.82) is 0 Å². The number of ether oxygens (including phenoxy) is 4. The van der Waals surface area contributed by atoms with Gasteiger partial charge in [-0.2, -0.15) is 12.6 Å². The standard InChI is InChI=1S/C20H39O8PS/c1-12(2)23-9-19-20(16(11-30)15(6)27-19)28-29(21,22-7)24-10-18-17(25-13(3)4)8-14(5)26-18/h12-20,30H,8-11H2,1-7H3/t14-,15-,16?,17+,18+,19+,20+,29?/m0/s1. The Morgan fingerprint density at radius 1 is 1.07 bits per heavy atom. The first-order valence-electron chi connectivity index (χ1n) is 10.8. The van der Waals surface area contributed by atoms with Gasteiger partial charge < -0.3 is 18.9 Å². The molecule has 2 aliphatic rings. The lowest BCUT2D eigenvalue weighted by molar-refractivity contribution is -0.0714. The van der Waals surface area contributed by atoms with Gasteiger partial charge in [0, 0.05) is 19.4 Å². The smallest absolute Gasteiger partial charge is 0.376 e. The van der Waals surface area contributed by atoms with E-state index in [-0.39, 0.29) is 55.3 Å². The topological polar surface area (TPSA) is 81.7 Å². The van der Waals surface area contributed by atoms with Crippen LogP contribution in [0, 0.1) is 5.92 Å². The Kier molecular flexibility index (Phi) is 10.6. The van der Waals surface area contributed by atoms with Gasteiger partial charge in [0.1, 0.15) is 18.3 Å². The Balaban J connectivity index is 2.03. The average Bonchev–Trinajstić information content (AvgIpc) is 3.16. The highest BCUT2D eigenvalue weighted by Gasteiger charge is 2.47. The summed E-state index contributed by atoms with van der Waals surface area (Å²) in [7, 11) is -2.53. The van der Waals surface area contributed by atoms with Crippen LogP contribution in [0.4, 0.5) is 0 Å². The van der Waals surface area contributed by atoms with Gasteiger partial charge in [-0.1, -0.05) is 0 Å². The van der Waals surface area contributed by atoms with Gasteiger partial charge >= 0.3 is 7.82 Å². The van der Waals surface area contributed by atoms with Gasteiger partial charge in [-0.05, 0) is 47.3 Å². The summed E-state index contributed by atoms with van der Waals surface area (Å²) in [4.78, 5) is 0. The molecule has 0 amide bonds. The van der Waals surface area contributed by atoms with Crippen molar-refractivity contribution in [2.75, 3.05) is 26.1 Å². The minimum atomic E-state index is -3.85. The summed E-state index contributed by atoms with van der Waals surface area (Å²) in [6, 6.07) is 0. The third-order valence-electron chi connectivity index (χ3n) is 5.29. The van der Waals surface area contributed by atoms with Gasteiger partial charge in [-0.15, -0.1) is 0 Å². The third-order valence-corrected chi connectivity index (χ3v) is 7.13. The van der Waals surface area contributed by atoms with E-state index in [0.717, 1.165) is 6.42 Å². The molecule has 2 unspecified atom stereocenters. The van der Waals surface area contributed by atoms with Gasteiger partial charge in [-0.25, -0.2) is 4.57 Å². The zero-order valence-corrected chi connectivity index (χ0v) is 21.0. The molecule has 0 aromatic heterocycles. The van der Waals surface area contributed by atoms with Crippen LogP contribution < -0.4 is 0 Å². The Morgan fingerprint density at radius 3 is 2.33 bits per heavy atom. The number of phosphoric acid groups is 1. The molecule has 0 N–H and O–H groups in total. The van der Waals surface area contributed by atoms with Crippen molar-refractivity contribution < 1.29 is 37.1 Å². The van der Waals surface area contributed by atoms with Crippen LogP contribution in [0.5, 0.6) is 0 Å². The van der Waals surface area contributed by atoms with Crippen molar-refractivity contribution in [3.63, 3.8) is 0 Å². The molecule has 2 saturated heterocycles. The normalized spacial score (nSPS) is 36.7. The fraction of sp³-hybridized carbons (Fsp3) is 1.00. The van der Waals surface area contributed by atoms with Crippen LogP contribution in [0.25, 0.3) is 0 Å². The zero-order chi connectivity index (χ0) is 22.5. The van der Waals surface area contributed by atoms with E-state index in [4.69, 9.17) is 32.5 Å². The lowest BCUT2D eigenvalue weighted by Crippen LogP contribution is -2.35. The Labute approximate surface area is 186 Å². The average molecular weight is 471 g/mol. The maximum absolute atomic E-state index is 13.3. The highest BCUT2D eigenvalue weighted by atomic mass is 32.1. The molecule has 0 aromatic carbocycles. The third kappa shape index (κ3) is 7.42. The number of hydrogen-bond acceptors (Lipinski definition) is 9. The number of phosphoric ester groups is 1. The van der Waals surface area contributed by atoms with Crippen LogP contribution in [0.15, 0.2) is 0 Å². The second-order valence-electron chi connectivity index (χ2n) is 8.55. The van der Waals surface area contributed by atoms with E-state index >= 15 is 0 Å². The van der Waals surface area contributed by atoms with Crippen LogP contribution >= 0.6 is 20.5 Å². The van der Waals surface area contributed by atoms with E-state index < -0.39 is 13.9 Å². The molecule has 0 aliphatic carbocycles. The summed E-state index contributed by atoms with van der Waals surface area (Å²) >= 11 is 4.43. The summed E-state index contributed by atoms with van der Waals surface area (Å²) < 4.78 is 53.6. The summed E-state index contributed by atoms with van der Waals surface area (Å²) in [6.07, 6.45) is -0.571. The molecule has 0 radical (unpaired) electrons. The van der Waals surface area contributed by atoms with Crippen molar-refractivity contribution in [2.24, 2.45) is 5.92 Å². The molecule has 0 aromatic rings. The molecule has 10 heteroatoms. The van der Waals surface area contributed by atoms with Crippen LogP contribution in [0.2, 0.25) is 0 Å². The van der Waals surface area contributed by atoms with Crippen LogP contribution in [-0.2, 0) is 37.1 Å². The zero-order valence-electron chi connectivity index (χ0n) is 19.2. The maximum Gasteiger partial charge on any atom is 0.474 e. The highest BCUT2D eigenvalue weighted by Crippen LogP contribution is 2.53. The first-order valence-corrected chi connectivity index (χ1v) is 12.8. The second-order valence-corrected chi connectivity index (χ2v) is 10.6. The SMILES string of the molecule is COP(=O)(OC[C@H]1O[C@@H](C)C[C@H]1OC(C)C)O[C@@H]1C(CS)[C@H](C)O[C@@H]1COC(C)C. The van der Waals surface area contributed by atoms with Gasteiger partial charge in [0.15, 0.2) is 0 Å². The van der Waals surface area contributed by atoms with Crippen molar-refractivity contribution in [2.45, 2.75) is 96.8 Å². The minimum Gasteiger partial charge on any atom is -0.376 e. The summed E-state index contributed by atoms with van der Waals surface area (Å²) in [5, 5.41) is 0. The van der Waals surface area contributed by atoms with Crippen LogP contribution in [-0.4, -0.2) is 74.9 Å². The summed E-state index contributed by atoms with van der Waals surface area (Å²) in [5.41, 5.74) is 0. The van der Waals surface area contributed by atoms with E-state index in [0.29, 0.717) is 12.4 Å². The quantitative estimate of drug-likeness (QED) is 0.340. The van der Waals surface area contributed by atoms with E-state index in [9.17, 15) is 4.57 Å². The Morgan fingerprint density at radius 2 is 1.77 bits per heavy atom. The van der Waals surface area contributed by atoms with Crippen molar-refractivity contribution in [1.82, 2.24) is 0 Å². The molecule has 8 atom stereocenters. The first kappa shape index (κ1) is 26.6. The van der Waals surface area contributed by atoms with Crippen LogP contribution in [0.3, 0.4) is 0 Å². The van der Waals surface area contributed by atoms with Gasteiger partial charge in [-0.3, -0.25) is 13.6 Å². The molecule has 2 rings (SSSR count). The largest absolute Gasteiger partial charge is 0.474 e. The van der Waals surface area contributed by atoms with E-state index in [1.54, 1.807) is 0 Å². The van der Waals surface area contributed by atoms with Gasteiger partial charge in [0.05, 0.1) is 43.7 Å². The number of rotatable bonds is 12. The van der Waals surface area contributed by atoms with Crippen molar-refractivity contribution >= 4 is 20.5 Å². The fourth-order valence-electron chi connectivity index (χ4n) is 3.82. The molecule has 2 aliphatic heterocycles. The summed E-state index contributed by atoms with van der Waals surface area (Å²) in [6.45, 7) is 12.2. The van der Waals surface area contributed by atoms with Crippen molar-refractivity contribution in [3.05, 3.63) is 0 Å². The molecule has 0 saturated carbocycles. The molecule has 0 spiro atoms. The van der Waals surface area contributed by atoms with Gasteiger partial charge in [0.25, 0.3) is 0 Å². The van der Waals surface area contributed by atoms with Crippen molar-refractivity contribution in [3.8, 4) is 0 Å². The first-order chi connectivity index (χ1) is 14.1. The number of hydrogen-bond donors (Lipinski definition) is 1. The van der Waals surface area contributed by atoms with E-state index in [1.807, 2.05) is 41.5 Å². The van der Waals surface area contributed by atoms with E-state index in [1.165, 1.54) is 7.11 Å². The lowest BCUT2D eigenvalue weighted by Gasteiger charge is -2.28. The molecular formula is C20H39O8PS. The lowest BCUT2D eigenvalue weighted by atomic mass is 9.99. The fourth-order valence-corrected chi connectivity index (χ4v) is 5.49. The molecular weight excluding hydrogens is 431 g/mol. The molecule has 0 bridgehead atoms. The molecule has 30 heavy (non-hydrogen) atoms. The second kappa shape index (κ2) is 12.0. The van der Waals surface area contributed by atoms with E-state index in [2.05, 4.69) is 12.6 Å². The van der Waals surface area contributed by atoms with Crippen LogP contribution in [0.1, 0.15) is 48.0 Å².